The monoisotopic (exact) mass is 270 g/mol. The summed E-state index contributed by atoms with van der Waals surface area (Å²) in [5.74, 6) is 4.17. The molecular weight excluding hydrogens is 248 g/mol. The second kappa shape index (κ2) is 4.76. The van der Waals surface area contributed by atoms with Gasteiger partial charge in [-0.25, -0.2) is 9.97 Å². The highest BCUT2D eigenvalue weighted by molar-refractivity contribution is 5.72. The number of imidazole rings is 1. The van der Waals surface area contributed by atoms with Gasteiger partial charge in [0.2, 0.25) is 0 Å². The molecule has 2 heterocycles. The van der Waals surface area contributed by atoms with Gasteiger partial charge in [-0.15, -0.1) is 0 Å². The second-order valence-corrected chi connectivity index (χ2v) is 6.54. The van der Waals surface area contributed by atoms with E-state index in [0.29, 0.717) is 11.7 Å². The van der Waals surface area contributed by atoms with Crippen molar-refractivity contribution in [3.63, 3.8) is 0 Å². The van der Waals surface area contributed by atoms with E-state index in [4.69, 9.17) is 5.73 Å². The number of anilines is 1. The zero-order chi connectivity index (χ0) is 13.5. The van der Waals surface area contributed by atoms with Crippen LogP contribution in [0, 0.1) is 11.8 Å². The van der Waals surface area contributed by atoms with Gasteiger partial charge in [-0.3, -0.25) is 0 Å². The standard InChI is InChI=1S/C16H22N4/c17-14-8-7-13-16(19-14)20-15(18-13)12-6-5-10-3-1-2-4-11(10)9-12/h7-8,10-12H,1-6,9H2,(H3,17,18,19,20). The number of nitrogens with zero attached hydrogens (tertiary/aromatic N) is 2. The van der Waals surface area contributed by atoms with Crippen LogP contribution in [-0.2, 0) is 0 Å². The number of nitrogens with one attached hydrogen (secondary N) is 1. The molecule has 106 valence electrons. The smallest absolute Gasteiger partial charge is 0.179 e. The van der Waals surface area contributed by atoms with Crippen molar-refractivity contribution in [2.45, 2.75) is 50.9 Å². The first-order valence-corrected chi connectivity index (χ1v) is 7.92. The molecule has 0 spiro atoms. The SMILES string of the molecule is Nc1ccc2[nH]c(C3CCC4CCCCC4C3)nc2n1. The third-order valence-corrected chi connectivity index (χ3v) is 5.31. The Morgan fingerprint density at radius 1 is 1.00 bits per heavy atom. The van der Waals surface area contributed by atoms with Crippen LogP contribution in [0.5, 0.6) is 0 Å². The predicted octanol–water partition coefficient (Wildman–Crippen LogP) is 3.61. The van der Waals surface area contributed by atoms with Crippen LogP contribution in [0.15, 0.2) is 12.1 Å². The minimum atomic E-state index is 0.548. The molecule has 0 amide bonds. The van der Waals surface area contributed by atoms with Crippen LogP contribution >= 0.6 is 0 Å². The Bertz CT molecular complexity index is 618. The summed E-state index contributed by atoms with van der Waals surface area (Å²) < 4.78 is 0. The Morgan fingerprint density at radius 3 is 2.75 bits per heavy atom. The number of nitrogens with two attached hydrogens (primary N) is 1. The minimum absolute atomic E-state index is 0.548. The quantitative estimate of drug-likeness (QED) is 0.831. The predicted molar refractivity (Wildman–Crippen MR) is 80.3 cm³/mol. The maximum Gasteiger partial charge on any atom is 0.179 e. The zero-order valence-electron chi connectivity index (χ0n) is 11.8. The third kappa shape index (κ3) is 2.07. The Kier molecular flexibility index (Phi) is 2.90. The fraction of sp³-hybridized carbons (Fsp3) is 0.625. The highest BCUT2D eigenvalue weighted by Crippen LogP contribution is 2.45. The molecule has 3 N–H and O–H groups in total. The number of hydrogen-bond acceptors (Lipinski definition) is 3. The molecular formula is C16H22N4. The molecule has 0 saturated heterocycles. The molecule has 0 radical (unpaired) electrons. The van der Waals surface area contributed by atoms with Crippen LogP contribution in [0.1, 0.15) is 56.7 Å². The van der Waals surface area contributed by atoms with Crippen LogP contribution in [0.2, 0.25) is 0 Å². The summed E-state index contributed by atoms with van der Waals surface area (Å²) in [6, 6.07) is 3.82. The molecule has 2 aliphatic rings. The summed E-state index contributed by atoms with van der Waals surface area (Å²) in [6.45, 7) is 0. The second-order valence-electron chi connectivity index (χ2n) is 6.54. The highest BCUT2D eigenvalue weighted by Gasteiger charge is 2.33. The molecule has 4 rings (SSSR count). The van der Waals surface area contributed by atoms with E-state index >= 15 is 0 Å². The van der Waals surface area contributed by atoms with Crippen LogP contribution < -0.4 is 5.73 Å². The van der Waals surface area contributed by atoms with E-state index in [1.165, 1.54) is 44.9 Å². The van der Waals surface area contributed by atoms with Crippen molar-refractivity contribution in [1.29, 1.82) is 0 Å². The lowest BCUT2D eigenvalue weighted by Crippen LogP contribution is -2.27. The summed E-state index contributed by atoms with van der Waals surface area (Å²) in [6.07, 6.45) is 9.70. The average Bonchev–Trinajstić information content (AvgIpc) is 2.89. The van der Waals surface area contributed by atoms with Crippen LogP contribution in [0.3, 0.4) is 0 Å². The van der Waals surface area contributed by atoms with Crippen LogP contribution in [0.4, 0.5) is 5.82 Å². The number of nitrogen functional groups attached to an aromatic ring is 1. The van der Waals surface area contributed by atoms with E-state index < -0.39 is 0 Å². The maximum absolute atomic E-state index is 5.73. The number of pyridine rings is 1. The van der Waals surface area contributed by atoms with Gasteiger partial charge < -0.3 is 10.7 Å². The molecule has 0 bridgehead atoms. The van der Waals surface area contributed by atoms with E-state index in [0.717, 1.165) is 28.8 Å². The molecule has 0 aliphatic heterocycles. The van der Waals surface area contributed by atoms with Gasteiger partial charge >= 0.3 is 0 Å². The molecule has 2 aliphatic carbocycles. The fourth-order valence-electron chi connectivity index (χ4n) is 4.24. The van der Waals surface area contributed by atoms with Crippen molar-refractivity contribution in [2.24, 2.45) is 11.8 Å². The Balaban J connectivity index is 1.59. The Labute approximate surface area is 119 Å². The van der Waals surface area contributed by atoms with Gasteiger partial charge in [0.05, 0.1) is 5.52 Å². The van der Waals surface area contributed by atoms with Crippen molar-refractivity contribution in [2.75, 3.05) is 5.73 Å². The van der Waals surface area contributed by atoms with E-state index in [1.807, 2.05) is 12.1 Å². The van der Waals surface area contributed by atoms with Gasteiger partial charge in [0.15, 0.2) is 5.65 Å². The fourth-order valence-corrected chi connectivity index (χ4v) is 4.24. The first kappa shape index (κ1) is 12.2. The van der Waals surface area contributed by atoms with E-state index in [1.54, 1.807) is 0 Å². The van der Waals surface area contributed by atoms with Gasteiger partial charge in [-0.05, 0) is 43.2 Å². The van der Waals surface area contributed by atoms with E-state index in [-0.39, 0.29) is 0 Å². The molecule has 2 fully saturated rings. The number of aromatic nitrogens is 3. The molecule has 3 unspecified atom stereocenters. The van der Waals surface area contributed by atoms with Crippen molar-refractivity contribution in [3.05, 3.63) is 18.0 Å². The Hall–Kier alpha value is -1.58. The van der Waals surface area contributed by atoms with Gasteiger partial charge in [-0.1, -0.05) is 25.7 Å². The summed E-state index contributed by atoms with van der Waals surface area (Å²) in [5, 5.41) is 0. The number of rotatable bonds is 1. The summed E-state index contributed by atoms with van der Waals surface area (Å²) in [5.41, 5.74) is 7.52. The number of hydrogen-bond donors (Lipinski definition) is 2. The molecule has 3 atom stereocenters. The normalized spacial score (nSPS) is 30.3. The van der Waals surface area contributed by atoms with Gasteiger partial charge in [0.25, 0.3) is 0 Å². The lowest BCUT2D eigenvalue weighted by molar-refractivity contribution is 0.153. The van der Waals surface area contributed by atoms with Gasteiger partial charge in [0.1, 0.15) is 11.6 Å². The number of aromatic amines is 1. The summed E-state index contributed by atoms with van der Waals surface area (Å²) in [7, 11) is 0. The van der Waals surface area contributed by atoms with Crippen LogP contribution in [-0.4, -0.2) is 15.0 Å². The molecule has 4 nitrogen and oxygen atoms in total. The molecule has 0 aromatic carbocycles. The third-order valence-electron chi connectivity index (χ3n) is 5.31. The van der Waals surface area contributed by atoms with Crippen LogP contribution in [0.25, 0.3) is 11.2 Å². The van der Waals surface area contributed by atoms with Gasteiger partial charge in [0, 0.05) is 5.92 Å². The maximum atomic E-state index is 5.73. The van der Waals surface area contributed by atoms with Crippen molar-refractivity contribution >= 4 is 17.0 Å². The number of H-pyrrole nitrogens is 1. The largest absolute Gasteiger partial charge is 0.384 e. The highest BCUT2D eigenvalue weighted by atomic mass is 15.0. The molecule has 20 heavy (non-hydrogen) atoms. The molecule has 2 aromatic heterocycles. The van der Waals surface area contributed by atoms with Crippen molar-refractivity contribution in [1.82, 2.24) is 15.0 Å². The topological polar surface area (TPSA) is 67.6 Å². The summed E-state index contributed by atoms with van der Waals surface area (Å²) in [4.78, 5) is 12.5. The van der Waals surface area contributed by atoms with E-state index in [2.05, 4.69) is 15.0 Å². The average molecular weight is 270 g/mol. The minimum Gasteiger partial charge on any atom is -0.384 e. The lowest BCUT2D eigenvalue weighted by Gasteiger charge is -2.38. The summed E-state index contributed by atoms with van der Waals surface area (Å²) >= 11 is 0. The zero-order valence-corrected chi connectivity index (χ0v) is 11.8. The first-order valence-electron chi connectivity index (χ1n) is 7.92. The molecule has 4 heteroatoms. The lowest BCUT2D eigenvalue weighted by atomic mass is 9.67. The Morgan fingerprint density at radius 2 is 1.85 bits per heavy atom. The molecule has 2 aromatic rings. The van der Waals surface area contributed by atoms with Crippen molar-refractivity contribution < 1.29 is 0 Å². The van der Waals surface area contributed by atoms with Crippen molar-refractivity contribution in [3.8, 4) is 0 Å². The first-order chi connectivity index (χ1) is 9.79. The van der Waals surface area contributed by atoms with Gasteiger partial charge in [-0.2, -0.15) is 0 Å². The van der Waals surface area contributed by atoms with E-state index in [9.17, 15) is 0 Å². The number of fused-ring (bicyclic) bond motifs is 2. The molecule has 2 saturated carbocycles.